The van der Waals surface area contributed by atoms with E-state index in [-0.39, 0.29) is 5.75 Å². The molecule has 0 heterocycles. The highest BCUT2D eigenvalue weighted by molar-refractivity contribution is 5.80. The molecule has 0 unspecified atom stereocenters. The van der Waals surface area contributed by atoms with Gasteiger partial charge < -0.3 is 24.4 Å². The van der Waals surface area contributed by atoms with Gasteiger partial charge in [0.15, 0.2) is 0 Å². The molecule has 2 N–H and O–H groups in total. The molecule has 144 valence electrons. The molecule has 0 spiro atoms. The van der Waals surface area contributed by atoms with Crippen LogP contribution >= 0.6 is 0 Å². The van der Waals surface area contributed by atoms with Gasteiger partial charge in [-0.2, -0.15) is 0 Å². The summed E-state index contributed by atoms with van der Waals surface area (Å²) >= 11 is 0. The van der Waals surface area contributed by atoms with Crippen LogP contribution in [-0.4, -0.2) is 43.6 Å². The van der Waals surface area contributed by atoms with Gasteiger partial charge in [-0.3, -0.25) is 4.79 Å². The smallest absolute Gasteiger partial charge is 0.321 e. The molecule has 0 radical (unpaired) electrons. The lowest BCUT2D eigenvalue weighted by Gasteiger charge is -2.22. The van der Waals surface area contributed by atoms with Crippen LogP contribution in [0.5, 0.6) is 17.2 Å². The van der Waals surface area contributed by atoms with Gasteiger partial charge in [-0.25, -0.2) is 0 Å². The molecule has 2 aromatic rings. The maximum Gasteiger partial charge on any atom is 0.321 e. The molecule has 0 saturated heterocycles. The fourth-order valence-corrected chi connectivity index (χ4v) is 2.18. The highest BCUT2D eigenvalue weighted by Crippen LogP contribution is 2.27. The van der Waals surface area contributed by atoms with E-state index in [1.54, 1.807) is 25.3 Å². The standard InChI is InChI=1S/C21H24O6/c1-21(13-22,14-23)20(24)27-19-11-16(10-18(12-19)26-3)5-4-15-6-8-17(25-2)9-7-15/h4-12,22-23H,13-14H2,1-3H3/b5-4+. The van der Waals surface area contributed by atoms with Crippen molar-refractivity contribution in [3.8, 4) is 17.2 Å². The third-order valence-corrected chi connectivity index (χ3v) is 4.12. The number of aliphatic hydroxyl groups excluding tert-OH is 2. The maximum absolute atomic E-state index is 12.2. The number of esters is 1. The van der Waals surface area contributed by atoms with Crippen LogP contribution in [0.1, 0.15) is 18.1 Å². The van der Waals surface area contributed by atoms with E-state index in [4.69, 9.17) is 14.2 Å². The molecule has 0 aliphatic carbocycles. The predicted octanol–water partition coefficient (Wildman–Crippen LogP) is 2.77. The van der Waals surface area contributed by atoms with E-state index in [0.717, 1.165) is 16.9 Å². The summed E-state index contributed by atoms with van der Waals surface area (Å²) in [5, 5.41) is 18.7. The Kier molecular flexibility index (Phi) is 6.98. The molecule has 0 fully saturated rings. The van der Waals surface area contributed by atoms with Crippen LogP contribution in [0.15, 0.2) is 42.5 Å². The number of ether oxygens (including phenoxy) is 3. The average Bonchev–Trinajstić information content (AvgIpc) is 2.71. The summed E-state index contributed by atoms with van der Waals surface area (Å²) in [6.07, 6.45) is 3.77. The third kappa shape index (κ3) is 5.32. The van der Waals surface area contributed by atoms with E-state index in [1.807, 2.05) is 36.4 Å². The van der Waals surface area contributed by atoms with E-state index < -0.39 is 24.6 Å². The van der Waals surface area contributed by atoms with Gasteiger partial charge in [0.1, 0.15) is 22.7 Å². The van der Waals surface area contributed by atoms with Gasteiger partial charge in [0.25, 0.3) is 0 Å². The molecule has 0 aliphatic rings. The lowest BCUT2D eigenvalue weighted by molar-refractivity contribution is -0.149. The summed E-state index contributed by atoms with van der Waals surface area (Å²) in [7, 11) is 3.13. The Balaban J connectivity index is 2.23. The zero-order valence-electron chi connectivity index (χ0n) is 15.6. The van der Waals surface area contributed by atoms with Gasteiger partial charge >= 0.3 is 5.97 Å². The fourth-order valence-electron chi connectivity index (χ4n) is 2.18. The third-order valence-electron chi connectivity index (χ3n) is 4.12. The Morgan fingerprint density at radius 2 is 1.44 bits per heavy atom. The van der Waals surface area contributed by atoms with Crippen molar-refractivity contribution in [2.24, 2.45) is 5.41 Å². The topological polar surface area (TPSA) is 85.2 Å². The minimum Gasteiger partial charge on any atom is -0.497 e. The molecule has 0 bridgehead atoms. The second kappa shape index (κ2) is 9.21. The summed E-state index contributed by atoms with van der Waals surface area (Å²) in [6.45, 7) is 0.396. The molecule has 6 nitrogen and oxygen atoms in total. The Bertz CT molecular complexity index is 791. The molecule has 27 heavy (non-hydrogen) atoms. The van der Waals surface area contributed by atoms with Crippen LogP contribution in [0, 0.1) is 5.41 Å². The molecule has 2 aromatic carbocycles. The fraction of sp³-hybridized carbons (Fsp3) is 0.286. The summed E-state index contributed by atoms with van der Waals surface area (Å²) in [5.41, 5.74) is 0.371. The molecule has 0 saturated carbocycles. The summed E-state index contributed by atoms with van der Waals surface area (Å²) in [6, 6.07) is 12.6. The number of carbonyl (C=O) groups excluding carboxylic acids is 1. The molecule has 6 heteroatoms. The first-order valence-electron chi connectivity index (χ1n) is 8.39. The lowest BCUT2D eigenvalue weighted by Crippen LogP contribution is -2.38. The largest absolute Gasteiger partial charge is 0.497 e. The molecule has 0 atom stereocenters. The van der Waals surface area contributed by atoms with Gasteiger partial charge in [0.05, 0.1) is 27.4 Å². The molecular weight excluding hydrogens is 348 g/mol. The number of rotatable bonds is 8. The number of carbonyl (C=O) groups is 1. The van der Waals surface area contributed by atoms with E-state index >= 15 is 0 Å². The summed E-state index contributed by atoms with van der Waals surface area (Å²) < 4.78 is 15.7. The number of hydrogen-bond donors (Lipinski definition) is 2. The normalized spacial score (nSPS) is 11.4. The SMILES string of the molecule is COc1ccc(/C=C/c2cc(OC)cc(OC(=O)C(C)(CO)CO)c2)cc1. The Morgan fingerprint density at radius 3 is 2.00 bits per heavy atom. The van der Waals surface area contributed by atoms with E-state index in [0.29, 0.717) is 5.75 Å². The Labute approximate surface area is 158 Å². The first-order chi connectivity index (χ1) is 12.9. The highest BCUT2D eigenvalue weighted by atomic mass is 16.5. The second-order valence-corrected chi connectivity index (χ2v) is 6.31. The van der Waals surface area contributed by atoms with Crippen LogP contribution in [0.2, 0.25) is 0 Å². The van der Waals surface area contributed by atoms with Crippen LogP contribution in [-0.2, 0) is 4.79 Å². The van der Waals surface area contributed by atoms with Crippen molar-refractivity contribution >= 4 is 18.1 Å². The molecule has 0 amide bonds. The number of benzene rings is 2. The predicted molar refractivity (Wildman–Crippen MR) is 103 cm³/mol. The number of hydrogen-bond acceptors (Lipinski definition) is 6. The molecule has 0 aliphatic heterocycles. The van der Waals surface area contributed by atoms with Crippen molar-refractivity contribution < 1.29 is 29.2 Å². The van der Waals surface area contributed by atoms with Crippen molar-refractivity contribution in [2.45, 2.75) is 6.92 Å². The van der Waals surface area contributed by atoms with Crippen molar-refractivity contribution in [3.63, 3.8) is 0 Å². The van der Waals surface area contributed by atoms with Crippen molar-refractivity contribution in [2.75, 3.05) is 27.4 Å². The minimum atomic E-state index is -1.37. The summed E-state index contributed by atoms with van der Waals surface area (Å²) in [5.74, 6) is 0.843. The van der Waals surface area contributed by atoms with E-state index in [2.05, 4.69) is 0 Å². The zero-order chi connectivity index (χ0) is 19.9. The van der Waals surface area contributed by atoms with Crippen LogP contribution < -0.4 is 14.2 Å². The Hall–Kier alpha value is -2.83. The molecular formula is C21H24O6. The van der Waals surface area contributed by atoms with Crippen LogP contribution in [0.25, 0.3) is 12.2 Å². The molecule has 0 aromatic heterocycles. The van der Waals surface area contributed by atoms with E-state index in [1.165, 1.54) is 14.0 Å². The monoisotopic (exact) mass is 372 g/mol. The number of aliphatic hydroxyl groups is 2. The summed E-state index contributed by atoms with van der Waals surface area (Å²) in [4.78, 5) is 12.2. The minimum absolute atomic E-state index is 0.266. The van der Waals surface area contributed by atoms with Crippen LogP contribution in [0.3, 0.4) is 0 Å². The molecule has 2 rings (SSSR count). The zero-order valence-corrected chi connectivity index (χ0v) is 15.6. The van der Waals surface area contributed by atoms with Gasteiger partial charge in [-0.15, -0.1) is 0 Å². The van der Waals surface area contributed by atoms with E-state index in [9.17, 15) is 15.0 Å². The van der Waals surface area contributed by atoms with Crippen molar-refractivity contribution in [3.05, 3.63) is 53.6 Å². The average molecular weight is 372 g/mol. The van der Waals surface area contributed by atoms with Gasteiger partial charge in [0.2, 0.25) is 0 Å². The van der Waals surface area contributed by atoms with Gasteiger partial charge in [0, 0.05) is 6.07 Å². The lowest BCUT2D eigenvalue weighted by atomic mass is 9.93. The quantitative estimate of drug-likeness (QED) is 0.421. The first-order valence-corrected chi connectivity index (χ1v) is 8.39. The van der Waals surface area contributed by atoms with Gasteiger partial charge in [-0.1, -0.05) is 24.3 Å². The van der Waals surface area contributed by atoms with Crippen LogP contribution in [0.4, 0.5) is 0 Å². The highest BCUT2D eigenvalue weighted by Gasteiger charge is 2.34. The van der Waals surface area contributed by atoms with Crippen molar-refractivity contribution in [1.82, 2.24) is 0 Å². The number of methoxy groups -OCH3 is 2. The second-order valence-electron chi connectivity index (χ2n) is 6.31. The Morgan fingerprint density at radius 1 is 0.889 bits per heavy atom. The van der Waals surface area contributed by atoms with Crippen molar-refractivity contribution in [1.29, 1.82) is 0 Å². The first kappa shape index (κ1) is 20.5. The maximum atomic E-state index is 12.2. The van der Waals surface area contributed by atoms with Gasteiger partial charge in [-0.05, 0) is 42.3 Å².